The summed E-state index contributed by atoms with van der Waals surface area (Å²) < 4.78 is 44.7. The number of carbonyl (C=O) groups excluding carboxylic acids is 2. The number of nitrogens with two attached hydrogens (primary N) is 1. The van der Waals surface area contributed by atoms with Crippen molar-refractivity contribution in [2.24, 2.45) is 5.73 Å². The van der Waals surface area contributed by atoms with E-state index in [1.54, 1.807) is 27.9 Å². The first-order chi connectivity index (χ1) is 14.7. The third kappa shape index (κ3) is 5.42. The lowest BCUT2D eigenvalue weighted by molar-refractivity contribution is -0.683. The second-order valence-electron chi connectivity index (χ2n) is 6.23. The monoisotopic (exact) mass is 468 g/mol. The third-order valence-corrected chi connectivity index (χ3v) is 6.19. The Labute approximate surface area is 180 Å². The zero-order valence-corrected chi connectivity index (χ0v) is 17.5. The van der Waals surface area contributed by atoms with Crippen LogP contribution in [0.4, 0.5) is 15.1 Å². The van der Waals surface area contributed by atoms with Crippen molar-refractivity contribution in [1.82, 2.24) is 9.55 Å². The molecule has 3 rings (SSSR count). The topological polar surface area (TPSA) is 163 Å². The van der Waals surface area contributed by atoms with E-state index in [9.17, 15) is 27.5 Å². The Bertz CT molecular complexity index is 1220. The molecule has 0 bridgehead atoms. The van der Waals surface area contributed by atoms with Gasteiger partial charge in [-0.3, -0.25) is 9.52 Å². The van der Waals surface area contributed by atoms with Gasteiger partial charge in [0.15, 0.2) is 6.54 Å². The zero-order chi connectivity index (χ0) is 22.6. The van der Waals surface area contributed by atoms with Crippen molar-refractivity contribution < 1.29 is 32.1 Å². The molecule has 1 amide bonds. The van der Waals surface area contributed by atoms with Gasteiger partial charge in [-0.15, -0.1) is 11.3 Å². The number of imidazole rings is 1. The number of carboxylic acids is 1. The van der Waals surface area contributed by atoms with E-state index in [4.69, 9.17) is 5.73 Å². The lowest BCUT2D eigenvalue weighted by Gasteiger charge is -2.10. The molecule has 0 aliphatic heterocycles. The highest BCUT2D eigenvalue weighted by Crippen LogP contribution is 2.25. The Morgan fingerprint density at radius 3 is 2.81 bits per heavy atom. The minimum Gasteiger partial charge on any atom is -0.543 e. The van der Waals surface area contributed by atoms with Crippen molar-refractivity contribution in [1.29, 1.82) is 0 Å². The van der Waals surface area contributed by atoms with E-state index in [2.05, 4.69) is 10.3 Å². The number of amides is 1. The maximum atomic E-state index is 14.4. The van der Waals surface area contributed by atoms with Crippen LogP contribution in [0.25, 0.3) is 0 Å². The van der Waals surface area contributed by atoms with E-state index in [1.807, 2.05) is 4.72 Å². The maximum Gasteiger partial charge on any atom is 0.266 e. The number of halogens is 1. The molecule has 0 aliphatic carbocycles. The predicted octanol–water partition coefficient (Wildman–Crippen LogP) is -0.867. The largest absolute Gasteiger partial charge is 0.543 e. The summed E-state index contributed by atoms with van der Waals surface area (Å²) in [5.41, 5.74) is 5.81. The van der Waals surface area contributed by atoms with Gasteiger partial charge >= 0.3 is 0 Å². The van der Waals surface area contributed by atoms with Gasteiger partial charge in [0.2, 0.25) is 6.33 Å². The SMILES string of the molecule is NCCn1cc[n+](CC(=O)Nc2ccc(S(=O)(=O)Nc3scnc3C(=O)[O-])cc2F)c1. The molecule has 2 aromatic heterocycles. The summed E-state index contributed by atoms with van der Waals surface area (Å²) in [6, 6.07) is 2.88. The van der Waals surface area contributed by atoms with E-state index in [1.165, 1.54) is 0 Å². The molecule has 31 heavy (non-hydrogen) atoms. The molecule has 4 N–H and O–H groups in total. The number of sulfonamides is 1. The number of anilines is 2. The van der Waals surface area contributed by atoms with Crippen molar-refractivity contribution in [3.8, 4) is 0 Å². The molecule has 0 unspecified atom stereocenters. The lowest BCUT2D eigenvalue weighted by Crippen LogP contribution is -2.38. The average molecular weight is 468 g/mol. The molecule has 2 heterocycles. The smallest absolute Gasteiger partial charge is 0.266 e. The van der Waals surface area contributed by atoms with Crippen molar-refractivity contribution in [3.63, 3.8) is 0 Å². The molecule has 164 valence electrons. The molecule has 0 saturated carbocycles. The second kappa shape index (κ2) is 9.20. The highest BCUT2D eigenvalue weighted by atomic mass is 32.2. The van der Waals surface area contributed by atoms with Crippen LogP contribution < -0.4 is 25.4 Å². The van der Waals surface area contributed by atoms with Gasteiger partial charge in [0.25, 0.3) is 15.9 Å². The quantitative estimate of drug-likeness (QED) is 0.344. The molecule has 0 fully saturated rings. The number of hydrogen-bond acceptors (Lipinski definition) is 8. The van der Waals surface area contributed by atoms with Gasteiger partial charge in [0.1, 0.15) is 35.5 Å². The molecule has 0 radical (unpaired) electrons. The van der Waals surface area contributed by atoms with E-state index in [0.717, 1.165) is 29.0 Å². The first-order valence-corrected chi connectivity index (χ1v) is 11.1. The third-order valence-electron chi connectivity index (χ3n) is 3.97. The Morgan fingerprint density at radius 1 is 1.35 bits per heavy atom. The molecule has 3 aromatic rings. The number of thiazole rings is 1. The second-order valence-corrected chi connectivity index (χ2v) is 8.76. The highest BCUT2D eigenvalue weighted by Gasteiger charge is 2.20. The van der Waals surface area contributed by atoms with Crippen LogP contribution in [0.15, 0.2) is 47.3 Å². The number of rotatable bonds is 9. The molecule has 0 saturated heterocycles. The summed E-state index contributed by atoms with van der Waals surface area (Å²) in [6.45, 7) is 0.933. The van der Waals surface area contributed by atoms with E-state index < -0.39 is 38.3 Å². The van der Waals surface area contributed by atoms with Gasteiger partial charge < -0.3 is 21.0 Å². The Kier molecular flexibility index (Phi) is 6.62. The number of aromatic carboxylic acids is 1. The van der Waals surface area contributed by atoms with Crippen LogP contribution in [0.1, 0.15) is 10.5 Å². The van der Waals surface area contributed by atoms with Gasteiger partial charge in [-0.25, -0.2) is 26.9 Å². The van der Waals surface area contributed by atoms with E-state index >= 15 is 0 Å². The molecule has 0 aliphatic rings. The summed E-state index contributed by atoms with van der Waals surface area (Å²) in [4.78, 5) is 26.2. The highest BCUT2D eigenvalue weighted by molar-refractivity contribution is 7.93. The normalized spacial score (nSPS) is 11.3. The van der Waals surface area contributed by atoms with Gasteiger partial charge in [-0.2, -0.15) is 0 Å². The Balaban J connectivity index is 1.70. The van der Waals surface area contributed by atoms with Gasteiger partial charge in [-0.1, -0.05) is 0 Å². The first-order valence-electron chi connectivity index (χ1n) is 8.71. The fourth-order valence-electron chi connectivity index (χ4n) is 2.58. The summed E-state index contributed by atoms with van der Waals surface area (Å²) in [6.07, 6.45) is 5.07. The molecule has 0 atom stereocenters. The number of nitrogens with zero attached hydrogens (tertiary/aromatic N) is 3. The maximum absolute atomic E-state index is 14.4. The van der Waals surface area contributed by atoms with Crippen LogP contribution in [0, 0.1) is 5.82 Å². The standard InChI is InChI=1S/C17H17FN6O5S2/c18-12-7-11(31(28,29)22-16-15(17(26)27)20-9-30-16)1-2-13(12)21-14(25)8-24-6-5-23(10-24)4-3-19/h1-2,5-7,9-10,22H,3-4,8,19H2,(H-,21,25,26,27). The van der Waals surface area contributed by atoms with Crippen molar-refractivity contribution in [2.45, 2.75) is 18.0 Å². The first kappa shape index (κ1) is 22.3. The van der Waals surface area contributed by atoms with Crippen LogP contribution in [0.3, 0.4) is 0 Å². The molecular weight excluding hydrogens is 451 g/mol. The number of carboxylic acid groups (broad SMARTS) is 1. The summed E-state index contributed by atoms with van der Waals surface area (Å²) in [7, 11) is -4.30. The van der Waals surface area contributed by atoms with Crippen LogP contribution in [-0.4, -0.2) is 36.4 Å². The average Bonchev–Trinajstić information content (AvgIpc) is 3.32. The predicted molar refractivity (Wildman–Crippen MR) is 106 cm³/mol. The fourth-order valence-corrected chi connectivity index (χ4v) is 4.58. The minimum atomic E-state index is -4.30. The van der Waals surface area contributed by atoms with Crippen LogP contribution in [0.5, 0.6) is 0 Å². The number of hydrogen-bond donors (Lipinski definition) is 3. The Hall–Kier alpha value is -3.36. The summed E-state index contributed by atoms with van der Waals surface area (Å²) in [5, 5.41) is 13.1. The van der Waals surface area contributed by atoms with Crippen LogP contribution >= 0.6 is 11.3 Å². The van der Waals surface area contributed by atoms with E-state index in [-0.39, 0.29) is 17.2 Å². The van der Waals surface area contributed by atoms with Gasteiger partial charge in [0, 0.05) is 6.54 Å². The molecule has 0 spiro atoms. The number of carbonyl (C=O) groups is 2. The zero-order valence-electron chi connectivity index (χ0n) is 15.8. The number of nitrogens with one attached hydrogen (secondary N) is 2. The van der Waals surface area contributed by atoms with Crippen molar-refractivity contribution in [3.05, 3.63) is 53.9 Å². The fraction of sp³-hybridized carbons (Fsp3) is 0.176. The lowest BCUT2D eigenvalue weighted by atomic mass is 10.3. The summed E-state index contributed by atoms with van der Waals surface area (Å²) in [5.74, 6) is -3.16. The van der Waals surface area contributed by atoms with Crippen LogP contribution in [0.2, 0.25) is 0 Å². The minimum absolute atomic E-state index is 0.0873. The number of benzene rings is 1. The van der Waals surface area contributed by atoms with E-state index in [0.29, 0.717) is 19.2 Å². The molecular formula is C17H17FN6O5S2. The molecule has 11 nitrogen and oxygen atoms in total. The molecule has 14 heteroatoms. The van der Waals surface area contributed by atoms with Crippen molar-refractivity contribution >= 4 is 43.9 Å². The summed E-state index contributed by atoms with van der Waals surface area (Å²) >= 11 is 0.737. The molecule has 1 aromatic carbocycles. The number of aromatic nitrogens is 3. The van der Waals surface area contributed by atoms with Crippen molar-refractivity contribution in [2.75, 3.05) is 16.6 Å². The Morgan fingerprint density at radius 2 is 2.13 bits per heavy atom. The van der Waals surface area contributed by atoms with Crippen LogP contribution in [-0.2, 0) is 27.9 Å². The van der Waals surface area contributed by atoms with Gasteiger partial charge in [0.05, 0.1) is 22.1 Å². The van der Waals surface area contributed by atoms with Gasteiger partial charge in [-0.05, 0) is 18.2 Å².